The van der Waals surface area contributed by atoms with Crippen molar-refractivity contribution in [1.82, 2.24) is 15.1 Å². The summed E-state index contributed by atoms with van der Waals surface area (Å²) in [6.07, 6.45) is 4.50. The topological polar surface area (TPSA) is 77.8 Å². The van der Waals surface area contributed by atoms with E-state index in [2.05, 4.69) is 15.1 Å². The lowest BCUT2D eigenvalue weighted by molar-refractivity contribution is 0.352. The highest BCUT2D eigenvalue weighted by atomic mass is 35.5. The number of hydrogen-bond donors (Lipinski definition) is 1. The van der Waals surface area contributed by atoms with E-state index in [0.29, 0.717) is 28.2 Å². The van der Waals surface area contributed by atoms with Crippen molar-refractivity contribution in [2.24, 2.45) is 5.73 Å². The number of halogens is 3. The van der Waals surface area contributed by atoms with Gasteiger partial charge in [-0.3, -0.25) is 0 Å². The van der Waals surface area contributed by atoms with Gasteiger partial charge in [0, 0.05) is 16.0 Å². The van der Waals surface area contributed by atoms with E-state index in [4.69, 9.17) is 33.5 Å². The van der Waals surface area contributed by atoms with Crippen molar-refractivity contribution in [3.63, 3.8) is 0 Å². The molecule has 26 heavy (non-hydrogen) atoms. The molecule has 9 heteroatoms. The lowest BCUT2D eigenvalue weighted by Crippen LogP contribution is -2.34. The molecule has 2 N–H and O–H groups in total. The maximum absolute atomic E-state index is 6.37. The molecule has 1 aliphatic carbocycles. The zero-order valence-corrected chi connectivity index (χ0v) is 16.9. The van der Waals surface area contributed by atoms with E-state index >= 15 is 0 Å². The van der Waals surface area contributed by atoms with Crippen LogP contribution in [-0.2, 0) is 12.0 Å². The number of benzene rings is 1. The first-order valence-electron chi connectivity index (χ1n) is 8.05. The van der Waals surface area contributed by atoms with Crippen LogP contribution in [0.2, 0.25) is 10.0 Å². The summed E-state index contributed by atoms with van der Waals surface area (Å²) in [6.45, 7) is 0. The summed E-state index contributed by atoms with van der Waals surface area (Å²) in [5.41, 5.74) is 7.65. The normalized spacial score (nSPS) is 15.8. The van der Waals surface area contributed by atoms with Gasteiger partial charge < -0.3 is 10.3 Å². The first kappa shape index (κ1) is 19.6. The molecule has 5 nitrogen and oxygen atoms in total. The van der Waals surface area contributed by atoms with E-state index in [-0.39, 0.29) is 12.4 Å². The maximum Gasteiger partial charge on any atom is 0.232 e. The van der Waals surface area contributed by atoms with Crippen molar-refractivity contribution in [2.45, 2.75) is 37.6 Å². The fraction of sp³-hybridized carbons (Fsp3) is 0.353. The Kier molecular flexibility index (Phi) is 5.89. The van der Waals surface area contributed by atoms with Crippen LogP contribution >= 0.6 is 46.9 Å². The molecule has 2 aromatic heterocycles. The first-order chi connectivity index (χ1) is 12.0. The Labute approximate surface area is 171 Å². The van der Waals surface area contributed by atoms with Crippen LogP contribution in [0.15, 0.2) is 28.1 Å². The smallest absolute Gasteiger partial charge is 0.232 e. The lowest BCUT2D eigenvalue weighted by atomic mass is 9.99. The van der Waals surface area contributed by atoms with Crippen LogP contribution in [0, 0.1) is 0 Å². The third-order valence-corrected chi connectivity index (χ3v) is 5.93. The monoisotopic (exact) mass is 430 g/mol. The Morgan fingerprint density at radius 3 is 2.69 bits per heavy atom. The van der Waals surface area contributed by atoms with E-state index in [1.54, 1.807) is 12.1 Å². The zero-order valence-electron chi connectivity index (χ0n) is 13.7. The molecular weight excluding hydrogens is 415 g/mol. The molecule has 0 atom stereocenters. The van der Waals surface area contributed by atoms with Gasteiger partial charge in [0.2, 0.25) is 5.89 Å². The van der Waals surface area contributed by atoms with Crippen LogP contribution in [0.25, 0.3) is 10.6 Å². The number of thiazole rings is 1. The van der Waals surface area contributed by atoms with Gasteiger partial charge in [0.1, 0.15) is 5.01 Å². The van der Waals surface area contributed by atoms with Gasteiger partial charge in [-0.1, -0.05) is 41.2 Å². The highest BCUT2D eigenvalue weighted by Crippen LogP contribution is 2.35. The summed E-state index contributed by atoms with van der Waals surface area (Å²) >= 11 is 13.7. The third-order valence-electron chi connectivity index (χ3n) is 4.45. The van der Waals surface area contributed by atoms with Gasteiger partial charge in [-0.25, -0.2) is 4.98 Å². The summed E-state index contributed by atoms with van der Waals surface area (Å²) in [4.78, 5) is 9.11. The average molecular weight is 432 g/mol. The molecule has 1 saturated carbocycles. The summed E-state index contributed by atoms with van der Waals surface area (Å²) in [5.74, 6) is 1.14. The first-order valence-corrected chi connectivity index (χ1v) is 9.69. The van der Waals surface area contributed by atoms with E-state index in [1.807, 2.05) is 11.4 Å². The SMILES string of the molecule is Cl.NC1(c2noc(Cc3csc(-c4ccc(Cl)cc4Cl)n3)n2)CCCC1. The van der Waals surface area contributed by atoms with Crippen molar-refractivity contribution >= 4 is 46.9 Å². The highest BCUT2D eigenvalue weighted by molar-refractivity contribution is 7.13. The van der Waals surface area contributed by atoms with E-state index < -0.39 is 5.54 Å². The molecule has 0 spiro atoms. The molecule has 0 unspecified atom stereocenters. The predicted molar refractivity (Wildman–Crippen MR) is 106 cm³/mol. The Morgan fingerprint density at radius 1 is 1.19 bits per heavy atom. The van der Waals surface area contributed by atoms with Gasteiger partial charge in [0.15, 0.2) is 5.82 Å². The summed E-state index contributed by atoms with van der Waals surface area (Å²) in [7, 11) is 0. The van der Waals surface area contributed by atoms with Crippen molar-refractivity contribution in [1.29, 1.82) is 0 Å². The minimum atomic E-state index is -0.439. The van der Waals surface area contributed by atoms with Crippen LogP contribution in [0.1, 0.15) is 43.1 Å². The standard InChI is InChI=1S/C17H16Cl2N4OS.ClH/c18-10-3-4-12(13(19)7-10)15-21-11(9-25-15)8-14-22-16(23-24-14)17(20)5-1-2-6-17;/h3-4,7,9H,1-2,5-6,8,20H2;1H. The Hall–Kier alpha value is -1.18. The molecule has 4 rings (SSSR count). The fourth-order valence-electron chi connectivity index (χ4n) is 3.09. The van der Waals surface area contributed by atoms with Crippen molar-refractivity contribution < 1.29 is 4.52 Å². The molecule has 0 saturated heterocycles. The van der Waals surface area contributed by atoms with E-state index in [1.165, 1.54) is 11.3 Å². The van der Waals surface area contributed by atoms with Crippen LogP contribution in [0.3, 0.4) is 0 Å². The molecule has 1 fully saturated rings. The largest absolute Gasteiger partial charge is 0.339 e. The van der Waals surface area contributed by atoms with Crippen LogP contribution in [0.5, 0.6) is 0 Å². The molecule has 138 valence electrons. The van der Waals surface area contributed by atoms with Crippen molar-refractivity contribution in [3.8, 4) is 10.6 Å². The van der Waals surface area contributed by atoms with Crippen LogP contribution in [0.4, 0.5) is 0 Å². The molecule has 0 amide bonds. The van der Waals surface area contributed by atoms with Gasteiger partial charge in [0.05, 0.1) is 22.7 Å². The second kappa shape index (κ2) is 7.82. The number of rotatable bonds is 4. The Bertz CT molecular complexity index is 905. The molecule has 0 aliphatic heterocycles. The van der Waals surface area contributed by atoms with Gasteiger partial charge in [0.25, 0.3) is 0 Å². The van der Waals surface area contributed by atoms with Gasteiger partial charge in [-0.15, -0.1) is 23.7 Å². The Morgan fingerprint density at radius 2 is 1.96 bits per heavy atom. The quantitative estimate of drug-likeness (QED) is 0.611. The average Bonchev–Trinajstić information content (AvgIpc) is 3.30. The number of hydrogen-bond acceptors (Lipinski definition) is 6. The van der Waals surface area contributed by atoms with Gasteiger partial charge in [-0.05, 0) is 31.0 Å². The minimum Gasteiger partial charge on any atom is -0.339 e. The third kappa shape index (κ3) is 3.89. The lowest BCUT2D eigenvalue weighted by Gasteiger charge is -2.17. The second-order valence-corrected chi connectivity index (χ2v) is 8.02. The number of nitrogens with zero attached hydrogens (tertiary/aromatic N) is 3. The zero-order chi connectivity index (χ0) is 17.4. The Balaban J connectivity index is 0.00000196. The molecule has 0 radical (unpaired) electrons. The summed E-state index contributed by atoms with van der Waals surface area (Å²) in [5, 5.41) is 8.08. The molecule has 1 aliphatic rings. The summed E-state index contributed by atoms with van der Waals surface area (Å²) < 4.78 is 5.38. The fourth-order valence-corrected chi connectivity index (χ4v) is 4.50. The predicted octanol–water partition coefficient (Wildman–Crippen LogP) is 5.24. The van der Waals surface area contributed by atoms with Crippen molar-refractivity contribution in [2.75, 3.05) is 0 Å². The van der Waals surface area contributed by atoms with Crippen LogP contribution < -0.4 is 5.73 Å². The van der Waals surface area contributed by atoms with Gasteiger partial charge in [-0.2, -0.15) is 4.98 Å². The molecule has 3 aromatic rings. The van der Waals surface area contributed by atoms with E-state index in [0.717, 1.165) is 41.9 Å². The number of aromatic nitrogens is 3. The molecule has 1 aromatic carbocycles. The second-order valence-electron chi connectivity index (χ2n) is 6.32. The van der Waals surface area contributed by atoms with Crippen LogP contribution in [-0.4, -0.2) is 15.1 Å². The van der Waals surface area contributed by atoms with Gasteiger partial charge >= 0.3 is 0 Å². The summed E-state index contributed by atoms with van der Waals surface area (Å²) in [6, 6.07) is 5.39. The van der Waals surface area contributed by atoms with Crippen molar-refractivity contribution in [3.05, 3.63) is 51.0 Å². The molecule has 2 heterocycles. The minimum absolute atomic E-state index is 0. The number of nitrogens with two attached hydrogens (primary N) is 1. The molecule has 0 bridgehead atoms. The molecular formula is C17H17Cl3N4OS. The highest BCUT2D eigenvalue weighted by Gasteiger charge is 2.35. The maximum atomic E-state index is 6.37. The van der Waals surface area contributed by atoms with E-state index in [9.17, 15) is 0 Å².